The van der Waals surface area contributed by atoms with E-state index in [0.717, 1.165) is 0 Å². The molecule has 0 amide bonds. The van der Waals surface area contributed by atoms with Crippen molar-refractivity contribution in [2.45, 2.75) is 6.92 Å². The minimum atomic E-state index is -0.370. The molecule has 0 saturated heterocycles. The van der Waals surface area contributed by atoms with E-state index in [-0.39, 0.29) is 17.4 Å². The molecule has 0 aliphatic carbocycles. The molecule has 110 valence electrons. The van der Waals surface area contributed by atoms with Gasteiger partial charge in [-0.1, -0.05) is 11.6 Å². The van der Waals surface area contributed by atoms with Crippen LogP contribution in [0.25, 0.3) is 5.57 Å². The van der Waals surface area contributed by atoms with Crippen LogP contribution in [-0.2, 0) is 4.74 Å². The van der Waals surface area contributed by atoms with Gasteiger partial charge in [0.05, 0.1) is 5.70 Å². The summed E-state index contributed by atoms with van der Waals surface area (Å²) in [7, 11) is 1.80. The van der Waals surface area contributed by atoms with E-state index >= 15 is 0 Å². The number of nitrogens with one attached hydrogen (secondary N) is 1. The highest BCUT2D eigenvalue weighted by Crippen LogP contribution is 2.22. The lowest BCUT2D eigenvalue weighted by Gasteiger charge is -2.09. The predicted molar refractivity (Wildman–Crippen MR) is 80.3 cm³/mol. The number of ether oxygens (including phenoxy) is 1. The summed E-state index contributed by atoms with van der Waals surface area (Å²) in [5.41, 5.74) is 12.7. The van der Waals surface area contributed by atoms with E-state index in [2.05, 4.69) is 5.32 Å². The lowest BCUT2D eigenvalue weighted by molar-refractivity contribution is 0.209. The third-order valence-electron chi connectivity index (χ3n) is 2.62. The largest absolute Gasteiger partial charge is 0.477 e. The minimum absolute atomic E-state index is 0.113. The Morgan fingerprint density at radius 2 is 2.15 bits per heavy atom. The van der Waals surface area contributed by atoms with Crippen LogP contribution < -0.4 is 16.8 Å². The zero-order valence-electron chi connectivity index (χ0n) is 11.5. The summed E-state index contributed by atoms with van der Waals surface area (Å²) in [6.45, 7) is 2.78. The van der Waals surface area contributed by atoms with Crippen LogP contribution in [0.5, 0.6) is 0 Å². The average molecular weight is 300 g/mol. The summed E-state index contributed by atoms with van der Waals surface area (Å²) < 4.78 is 18.9. The molecule has 1 rings (SSSR count). The van der Waals surface area contributed by atoms with Gasteiger partial charge in [-0.15, -0.1) is 0 Å². The van der Waals surface area contributed by atoms with E-state index in [1.807, 2.05) is 0 Å². The van der Waals surface area contributed by atoms with Gasteiger partial charge in [-0.05, 0) is 43.8 Å². The maximum absolute atomic E-state index is 13.7. The molecule has 0 atom stereocenters. The van der Waals surface area contributed by atoms with Crippen molar-refractivity contribution in [3.05, 3.63) is 52.3 Å². The number of likely N-dealkylation sites (N-methyl/N-ethyl adjacent to an activating group) is 1. The van der Waals surface area contributed by atoms with Gasteiger partial charge in [-0.2, -0.15) is 0 Å². The molecule has 4 nitrogen and oxygen atoms in total. The Balaban J connectivity index is 2.91. The highest BCUT2D eigenvalue weighted by atomic mass is 35.5. The van der Waals surface area contributed by atoms with Gasteiger partial charge in [0.2, 0.25) is 5.88 Å². The molecule has 0 aromatic heterocycles. The second-order valence-corrected chi connectivity index (χ2v) is 4.66. The summed E-state index contributed by atoms with van der Waals surface area (Å²) in [6.07, 6.45) is 1.56. The van der Waals surface area contributed by atoms with Crippen molar-refractivity contribution >= 4 is 17.2 Å². The molecule has 0 fully saturated rings. The Morgan fingerprint density at radius 1 is 1.45 bits per heavy atom. The Bertz CT molecular complexity index is 529. The average Bonchev–Trinajstić information content (AvgIpc) is 2.41. The fraction of sp³-hybridized carbons (Fsp3) is 0.286. The van der Waals surface area contributed by atoms with Crippen molar-refractivity contribution in [2.24, 2.45) is 11.5 Å². The monoisotopic (exact) mass is 299 g/mol. The molecule has 6 heteroatoms. The van der Waals surface area contributed by atoms with Crippen LogP contribution in [0.4, 0.5) is 4.39 Å². The lowest BCUT2D eigenvalue weighted by atomic mass is 10.1. The topological polar surface area (TPSA) is 73.3 Å². The molecular formula is C14H19ClFN3O. The molecule has 0 heterocycles. The maximum Gasteiger partial charge on any atom is 0.207 e. The zero-order chi connectivity index (χ0) is 15.1. The number of halogens is 2. The Hall–Kier alpha value is -1.72. The van der Waals surface area contributed by atoms with Gasteiger partial charge in [0.25, 0.3) is 0 Å². The quantitative estimate of drug-likeness (QED) is 0.428. The first-order valence-electron chi connectivity index (χ1n) is 6.12. The lowest BCUT2D eigenvalue weighted by Crippen LogP contribution is -2.18. The zero-order valence-corrected chi connectivity index (χ0v) is 12.3. The molecule has 1 aromatic rings. The van der Waals surface area contributed by atoms with Gasteiger partial charge in [0, 0.05) is 17.1 Å². The molecule has 0 unspecified atom stereocenters. The first-order chi connectivity index (χ1) is 9.45. The number of allylic oxidation sites excluding steroid dienone is 2. The SMILES string of the molecule is CNCCO/C(N)=C(N)/C=C(\C)c1cc(Cl)ccc1F. The number of hydrogen-bond acceptors (Lipinski definition) is 4. The van der Waals surface area contributed by atoms with Crippen LogP contribution in [-0.4, -0.2) is 20.2 Å². The van der Waals surface area contributed by atoms with Crippen LogP contribution in [0.1, 0.15) is 12.5 Å². The molecule has 20 heavy (non-hydrogen) atoms. The normalized spacial score (nSPS) is 13.1. The first-order valence-corrected chi connectivity index (χ1v) is 6.50. The third-order valence-corrected chi connectivity index (χ3v) is 2.85. The van der Waals surface area contributed by atoms with Gasteiger partial charge in [-0.25, -0.2) is 4.39 Å². The van der Waals surface area contributed by atoms with Gasteiger partial charge < -0.3 is 21.5 Å². The van der Waals surface area contributed by atoms with E-state index in [0.29, 0.717) is 29.3 Å². The van der Waals surface area contributed by atoms with Crippen LogP contribution >= 0.6 is 11.6 Å². The Morgan fingerprint density at radius 3 is 2.80 bits per heavy atom. The van der Waals surface area contributed by atoms with Crippen molar-refractivity contribution in [2.75, 3.05) is 20.2 Å². The van der Waals surface area contributed by atoms with E-state index in [1.165, 1.54) is 18.2 Å². The van der Waals surface area contributed by atoms with Gasteiger partial charge in [0.1, 0.15) is 12.4 Å². The highest BCUT2D eigenvalue weighted by Gasteiger charge is 2.06. The molecule has 0 bridgehead atoms. The summed E-state index contributed by atoms with van der Waals surface area (Å²) in [5.74, 6) is -0.257. The number of rotatable bonds is 6. The summed E-state index contributed by atoms with van der Waals surface area (Å²) in [5, 5.41) is 3.37. The molecule has 1 aromatic carbocycles. The number of hydrogen-bond donors (Lipinski definition) is 3. The number of nitrogens with two attached hydrogens (primary N) is 2. The van der Waals surface area contributed by atoms with Crippen molar-refractivity contribution in [3.8, 4) is 0 Å². The summed E-state index contributed by atoms with van der Waals surface area (Å²) >= 11 is 5.85. The minimum Gasteiger partial charge on any atom is -0.477 e. The third kappa shape index (κ3) is 4.75. The molecule has 0 radical (unpaired) electrons. The van der Waals surface area contributed by atoms with E-state index < -0.39 is 0 Å². The van der Waals surface area contributed by atoms with Crippen LogP contribution in [0.3, 0.4) is 0 Å². The molecular weight excluding hydrogens is 281 g/mol. The van der Waals surface area contributed by atoms with Crippen LogP contribution in [0, 0.1) is 5.82 Å². The van der Waals surface area contributed by atoms with E-state index in [4.69, 9.17) is 27.8 Å². The molecule has 0 spiro atoms. The maximum atomic E-state index is 13.7. The Labute approximate surface area is 123 Å². The second kappa shape index (κ2) is 7.77. The van der Waals surface area contributed by atoms with E-state index in [1.54, 1.807) is 20.0 Å². The summed E-state index contributed by atoms with van der Waals surface area (Å²) in [4.78, 5) is 0. The smallest absolute Gasteiger partial charge is 0.207 e. The standard InChI is InChI=1S/C14H19ClFN3O/c1-9(11-8-10(15)3-4-12(11)16)7-13(17)14(18)20-6-5-19-2/h3-4,7-8,19H,5-6,17-18H2,1-2H3/b9-7+,14-13-. The molecule has 0 aliphatic rings. The van der Waals surface area contributed by atoms with Crippen molar-refractivity contribution in [3.63, 3.8) is 0 Å². The van der Waals surface area contributed by atoms with Gasteiger partial charge in [-0.3, -0.25) is 0 Å². The van der Waals surface area contributed by atoms with E-state index in [9.17, 15) is 4.39 Å². The van der Waals surface area contributed by atoms with Crippen molar-refractivity contribution < 1.29 is 9.13 Å². The summed E-state index contributed by atoms with van der Waals surface area (Å²) in [6, 6.07) is 4.33. The number of benzene rings is 1. The van der Waals surface area contributed by atoms with Crippen molar-refractivity contribution in [1.29, 1.82) is 0 Å². The highest BCUT2D eigenvalue weighted by molar-refractivity contribution is 6.30. The second-order valence-electron chi connectivity index (χ2n) is 4.22. The molecule has 5 N–H and O–H groups in total. The van der Waals surface area contributed by atoms with Gasteiger partial charge >= 0.3 is 0 Å². The fourth-order valence-electron chi connectivity index (χ4n) is 1.53. The molecule has 0 saturated carbocycles. The van der Waals surface area contributed by atoms with Gasteiger partial charge in [0.15, 0.2) is 0 Å². The fourth-order valence-corrected chi connectivity index (χ4v) is 1.70. The first kappa shape index (κ1) is 16.3. The predicted octanol–water partition coefficient (Wildman–Crippen LogP) is 2.20. The molecule has 0 aliphatic heterocycles. The van der Waals surface area contributed by atoms with Crippen molar-refractivity contribution in [1.82, 2.24) is 5.32 Å². The van der Waals surface area contributed by atoms with Crippen LogP contribution in [0.15, 0.2) is 35.9 Å². The van der Waals surface area contributed by atoms with Crippen LogP contribution in [0.2, 0.25) is 5.02 Å². The Kier molecular flexibility index (Phi) is 6.35.